The number of aryl methyl sites for hydroxylation is 1. The van der Waals surface area contributed by atoms with E-state index in [4.69, 9.17) is 5.26 Å². The van der Waals surface area contributed by atoms with Crippen molar-refractivity contribution in [2.75, 3.05) is 26.2 Å². The van der Waals surface area contributed by atoms with E-state index in [-0.39, 0.29) is 11.5 Å². The van der Waals surface area contributed by atoms with Crippen LogP contribution >= 0.6 is 0 Å². The smallest absolute Gasteiger partial charge is 0.256 e. The molecule has 0 spiro atoms. The van der Waals surface area contributed by atoms with Gasteiger partial charge in [-0.2, -0.15) is 5.26 Å². The minimum atomic E-state index is -0.538. The molecule has 0 radical (unpaired) electrons. The first-order chi connectivity index (χ1) is 9.86. The molecule has 1 aromatic rings. The summed E-state index contributed by atoms with van der Waals surface area (Å²) in [4.78, 5) is 16.1. The number of carbonyl (C=O) groups excluding carboxylic acids is 1. The molecule has 1 heterocycles. The normalized spacial score (nSPS) is 16.6. The average molecular weight is 289 g/mol. The Kier molecular flexibility index (Phi) is 4.29. The molecule has 0 unspecified atom stereocenters. The van der Waals surface area contributed by atoms with Gasteiger partial charge in [0, 0.05) is 26.2 Å². The fourth-order valence-corrected chi connectivity index (χ4v) is 2.52. The van der Waals surface area contributed by atoms with Crippen LogP contribution in [0.3, 0.4) is 0 Å². The fraction of sp³-hybridized carbons (Fsp3) is 0.500. The molecule has 5 heteroatoms. The van der Waals surface area contributed by atoms with Crippen molar-refractivity contribution in [3.8, 4) is 6.07 Å². The van der Waals surface area contributed by atoms with Crippen molar-refractivity contribution in [1.29, 1.82) is 5.26 Å². The average Bonchev–Trinajstić information content (AvgIpc) is 2.49. The van der Waals surface area contributed by atoms with Gasteiger partial charge in [-0.3, -0.25) is 9.69 Å². The number of nitriles is 1. The Morgan fingerprint density at radius 2 is 1.90 bits per heavy atom. The van der Waals surface area contributed by atoms with E-state index in [1.165, 1.54) is 6.07 Å². The lowest BCUT2D eigenvalue weighted by molar-refractivity contribution is 0.0517. The second-order valence-electron chi connectivity index (χ2n) is 5.89. The number of benzene rings is 1. The molecule has 2 rings (SSSR count). The third kappa shape index (κ3) is 3.06. The van der Waals surface area contributed by atoms with Crippen LogP contribution in [0.5, 0.6) is 0 Å². The number of piperazine rings is 1. The Balaban J connectivity index is 2.08. The van der Waals surface area contributed by atoms with Crippen LogP contribution in [0.2, 0.25) is 0 Å². The molecule has 1 amide bonds. The lowest BCUT2D eigenvalue weighted by Crippen LogP contribution is -2.55. The first-order valence-corrected chi connectivity index (χ1v) is 7.07. The second kappa shape index (κ2) is 5.82. The topological polar surface area (TPSA) is 47.3 Å². The van der Waals surface area contributed by atoms with E-state index in [0.717, 1.165) is 0 Å². The van der Waals surface area contributed by atoms with Gasteiger partial charge in [0.1, 0.15) is 11.4 Å². The third-order valence-electron chi connectivity index (χ3n) is 4.05. The van der Waals surface area contributed by atoms with Gasteiger partial charge >= 0.3 is 0 Å². The highest BCUT2D eigenvalue weighted by atomic mass is 19.1. The molecule has 0 atom stereocenters. The second-order valence-corrected chi connectivity index (χ2v) is 5.89. The molecule has 0 aliphatic carbocycles. The highest BCUT2D eigenvalue weighted by Crippen LogP contribution is 2.19. The summed E-state index contributed by atoms with van der Waals surface area (Å²) in [5.74, 6) is -0.715. The van der Waals surface area contributed by atoms with E-state index in [2.05, 4.69) is 6.07 Å². The van der Waals surface area contributed by atoms with Crippen molar-refractivity contribution < 1.29 is 9.18 Å². The van der Waals surface area contributed by atoms with Crippen molar-refractivity contribution in [1.82, 2.24) is 9.80 Å². The Labute approximate surface area is 124 Å². The van der Waals surface area contributed by atoms with Crippen LogP contribution in [-0.2, 0) is 0 Å². The lowest BCUT2D eigenvalue weighted by Gasteiger charge is -2.40. The Hall–Kier alpha value is -1.93. The van der Waals surface area contributed by atoms with E-state index < -0.39 is 11.4 Å². The fourth-order valence-electron chi connectivity index (χ4n) is 2.52. The maximum Gasteiger partial charge on any atom is 0.256 e. The largest absolute Gasteiger partial charge is 0.336 e. The van der Waals surface area contributed by atoms with Gasteiger partial charge in [-0.25, -0.2) is 4.39 Å². The molecule has 0 N–H and O–H groups in total. The molecule has 1 fully saturated rings. The van der Waals surface area contributed by atoms with Crippen molar-refractivity contribution in [2.24, 2.45) is 0 Å². The zero-order valence-electron chi connectivity index (χ0n) is 12.7. The predicted molar refractivity (Wildman–Crippen MR) is 78.3 cm³/mol. The van der Waals surface area contributed by atoms with E-state index in [1.807, 2.05) is 18.7 Å². The summed E-state index contributed by atoms with van der Waals surface area (Å²) in [5, 5.41) is 9.14. The zero-order valence-corrected chi connectivity index (χ0v) is 12.7. The van der Waals surface area contributed by atoms with Crippen molar-refractivity contribution >= 4 is 5.91 Å². The molecule has 4 nitrogen and oxygen atoms in total. The number of hydrogen-bond donors (Lipinski definition) is 0. The summed E-state index contributed by atoms with van der Waals surface area (Å²) in [7, 11) is 0. The number of halogens is 1. The number of amides is 1. The predicted octanol–water partition coefficient (Wildman–Crippen LogP) is 2.19. The van der Waals surface area contributed by atoms with Gasteiger partial charge in [0.25, 0.3) is 5.91 Å². The summed E-state index contributed by atoms with van der Waals surface area (Å²) in [5.41, 5.74) is 0.0667. The summed E-state index contributed by atoms with van der Waals surface area (Å²) in [6.45, 7) is 7.66. The molecule has 21 heavy (non-hydrogen) atoms. The summed E-state index contributed by atoms with van der Waals surface area (Å²) in [6.07, 6.45) is 0. The molecular formula is C16H20FN3O. The van der Waals surface area contributed by atoms with E-state index in [9.17, 15) is 9.18 Å². The SMILES string of the molecule is Cc1cccc(C(=O)N2CCN(C(C)(C)C#N)CC2)c1F. The van der Waals surface area contributed by atoms with E-state index in [0.29, 0.717) is 31.7 Å². The van der Waals surface area contributed by atoms with Gasteiger partial charge in [0.2, 0.25) is 0 Å². The quantitative estimate of drug-likeness (QED) is 0.838. The lowest BCUT2D eigenvalue weighted by atomic mass is 10.0. The molecule has 1 aromatic carbocycles. The summed E-state index contributed by atoms with van der Waals surface area (Å²) >= 11 is 0. The number of rotatable bonds is 2. The van der Waals surface area contributed by atoms with Crippen molar-refractivity contribution in [3.63, 3.8) is 0 Å². The molecular weight excluding hydrogens is 269 g/mol. The monoisotopic (exact) mass is 289 g/mol. The maximum atomic E-state index is 14.0. The minimum absolute atomic E-state index is 0.128. The van der Waals surface area contributed by atoms with Crippen molar-refractivity contribution in [3.05, 3.63) is 35.1 Å². The van der Waals surface area contributed by atoms with Gasteiger partial charge in [-0.15, -0.1) is 0 Å². The van der Waals surface area contributed by atoms with Crippen LogP contribution in [0.4, 0.5) is 4.39 Å². The van der Waals surface area contributed by atoms with Crippen LogP contribution in [0, 0.1) is 24.1 Å². The third-order valence-corrected chi connectivity index (χ3v) is 4.05. The van der Waals surface area contributed by atoms with Gasteiger partial charge < -0.3 is 4.90 Å². The Bertz CT molecular complexity index is 584. The molecule has 0 aromatic heterocycles. The molecule has 0 saturated carbocycles. The highest BCUT2D eigenvalue weighted by molar-refractivity contribution is 5.94. The van der Waals surface area contributed by atoms with Gasteiger partial charge in [0.15, 0.2) is 0 Å². The maximum absolute atomic E-state index is 14.0. The molecule has 0 bridgehead atoms. The van der Waals surface area contributed by atoms with Crippen molar-refractivity contribution in [2.45, 2.75) is 26.3 Å². The van der Waals surface area contributed by atoms with Crippen LogP contribution in [-0.4, -0.2) is 47.4 Å². The van der Waals surface area contributed by atoms with Crippen LogP contribution in [0.15, 0.2) is 18.2 Å². The van der Waals surface area contributed by atoms with Gasteiger partial charge in [-0.1, -0.05) is 12.1 Å². The van der Waals surface area contributed by atoms with Crippen LogP contribution in [0.1, 0.15) is 29.8 Å². The van der Waals surface area contributed by atoms with Crippen LogP contribution in [0.25, 0.3) is 0 Å². The molecule has 1 aliphatic rings. The molecule has 112 valence electrons. The Morgan fingerprint density at radius 1 is 1.29 bits per heavy atom. The van der Waals surface area contributed by atoms with E-state index in [1.54, 1.807) is 24.0 Å². The van der Waals surface area contributed by atoms with Gasteiger partial charge in [0.05, 0.1) is 11.6 Å². The zero-order chi connectivity index (χ0) is 15.6. The van der Waals surface area contributed by atoms with Gasteiger partial charge in [-0.05, 0) is 32.4 Å². The highest BCUT2D eigenvalue weighted by Gasteiger charge is 2.31. The Morgan fingerprint density at radius 3 is 2.48 bits per heavy atom. The van der Waals surface area contributed by atoms with Crippen LogP contribution < -0.4 is 0 Å². The summed E-state index contributed by atoms with van der Waals surface area (Å²) in [6, 6.07) is 7.14. The standard InChI is InChI=1S/C16H20FN3O/c1-12-5-4-6-13(14(12)17)15(21)19-7-9-20(10-8-19)16(2,3)11-18/h4-6H,7-10H2,1-3H3. The molecule has 1 saturated heterocycles. The number of carbonyl (C=O) groups is 1. The number of nitrogens with zero attached hydrogens (tertiary/aromatic N) is 3. The first kappa shape index (κ1) is 15.5. The first-order valence-electron chi connectivity index (χ1n) is 7.07. The van der Waals surface area contributed by atoms with E-state index >= 15 is 0 Å². The number of hydrogen-bond acceptors (Lipinski definition) is 3. The summed E-state index contributed by atoms with van der Waals surface area (Å²) < 4.78 is 14.0. The molecule has 1 aliphatic heterocycles. The minimum Gasteiger partial charge on any atom is -0.336 e.